The largest absolute Gasteiger partial charge is 0.302 e. The van der Waals surface area contributed by atoms with Gasteiger partial charge in [0.05, 0.1) is 6.54 Å². The predicted octanol–water partition coefficient (Wildman–Crippen LogP) is 5.60. The molecule has 0 fully saturated rings. The number of hydrogen-bond acceptors (Lipinski definition) is 2. The Hall–Kier alpha value is -0.370. The molecule has 21 heavy (non-hydrogen) atoms. The van der Waals surface area contributed by atoms with Crippen LogP contribution in [-0.4, -0.2) is 31.3 Å². The van der Waals surface area contributed by atoms with E-state index in [9.17, 15) is 4.79 Å². The molecule has 0 aliphatic rings. The SMILES string of the molecule is CCCCCCCCCCCCCCCC(=O)CN(C)C. The topological polar surface area (TPSA) is 20.3 Å². The molecule has 0 saturated heterocycles. The number of carbonyl (C=O) groups excluding carboxylic acids is 1. The van der Waals surface area contributed by atoms with Crippen LogP contribution in [0.4, 0.5) is 0 Å². The maximum absolute atomic E-state index is 11.5. The number of carbonyl (C=O) groups is 1. The van der Waals surface area contributed by atoms with Crippen LogP contribution in [0.5, 0.6) is 0 Å². The summed E-state index contributed by atoms with van der Waals surface area (Å²) in [6.45, 7) is 2.89. The van der Waals surface area contributed by atoms with E-state index in [0.29, 0.717) is 12.3 Å². The van der Waals surface area contributed by atoms with E-state index >= 15 is 0 Å². The van der Waals surface area contributed by atoms with Crippen molar-refractivity contribution in [1.82, 2.24) is 4.90 Å². The molecule has 0 saturated carbocycles. The van der Waals surface area contributed by atoms with Gasteiger partial charge in [-0.1, -0.05) is 84.0 Å². The number of Topliss-reactive ketones (excluding diaryl/α,β-unsaturated/α-hetero) is 1. The molecular formula is C19H39NO. The predicted molar refractivity (Wildman–Crippen MR) is 93.9 cm³/mol. The minimum absolute atomic E-state index is 0.392. The van der Waals surface area contributed by atoms with E-state index < -0.39 is 0 Å². The van der Waals surface area contributed by atoms with Crippen molar-refractivity contribution in [3.63, 3.8) is 0 Å². The van der Waals surface area contributed by atoms with E-state index in [1.807, 2.05) is 19.0 Å². The molecular weight excluding hydrogens is 258 g/mol. The summed E-state index contributed by atoms with van der Waals surface area (Å²) in [4.78, 5) is 13.5. The molecule has 0 atom stereocenters. The zero-order valence-electron chi connectivity index (χ0n) is 15.0. The molecule has 0 bridgehead atoms. The summed E-state index contributed by atoms with van der Waals surface area (Å²) >= 11 is 0. The third kappa shape index (κ3) is 17.6. The summed E-state index contributed by atoms with van der Waals surface area (Å²) < 4.78 is 0. The zero-order chi connectivity index (χ0) is 15.8. The second kappa shape index (κ2) is 16.0. The lowest BCUT2D eigenvalue weighted by molar-refractivity contribution is -0.119. The highest BCUT2D eigenvalue weighted by Crippen LogP contribution is 2.12. The Kier molecular flexibility index (Phi) is 15.7. The monoisotopic (exact) mass is 297 g/mol. The summed E-state index contributed by atoms with van der Waals surface area (Å²) in [5.74, 6) is 0.392. The van der Waals surface area contributed by atoms with Crippen LogP contribution in [0, 0.1) is 0 Å². The number of nitrogens with zero attached hydrogens (tertiary/aromatic N) is 1. The normalized spacial score (nSPS) is 11.2. The maximum Gasteiger partial charge on any atom is 0.146 e. The molecule has 2 heteroatoms. The van der Waals surface area contributed by atoms with Gasteiger partial charge in [-0.25, -0.2) is 0 Å². The average Bonchev–Trinajstić information content (AvgIpc) is 2.43. The Morgan fingerprint density at radius 3 is 1.43 bits per heavy atom. The first-order valence-corrected chi connectivity index (χ1v) is 9.33. The third-order valence-corrected chi connectivity index (χ3v) is 4.05. The molecule has 0 aromatic rings. The van der Waals surface area contributed by atoms with Gasteiger partial charge in [-0.2, -0.15) is 0 Å². The van der Waals surface area contributed by atoms with Gasteiger partial charge in [0, 0.05) is 6.42 Å². The van der Waals surface area contributed by atoms with Gasteiger partial charge < -0.3 is 4.90 Å². The molecule has 0 radical (unpaired) electrons. The number of rotatable bonds is 16. The standard InChI is InChI=1S/C19H39NO/c1-4-5-6-7-8-9-10-11-12-13-14-15-16-17-19(21)18-20(2)3/h4-18H2,1-3H3. The van der Waals surface area contributed by atoms with Gasteiger partial charge in [0.25, 0.3) is 0 Å². The summed E-state index contributed by atoms with van der Waals surface area (Å²) in [6.07, 6.45) is 18.5. The van der Waals surface area contributed by atoms with Gasteiger partial charge in [0.2, 0.25) is 0 Å². The Bertz CT molecular complexity index is 226. The van der Waals surface area contributed by atoms with E-state index in [0.717, 1.165) is 12.8 Å². The van der Waals surface area contributed by atoms with Crippen LogP contribution in [-0.2, 0) is 4.79 Å². The zero-order valence-corrected chi connectivity index (χ0v) is 15.0. The van der Waals surface area contributed by atoms with E-state index in [4.69, 9.17) is 0 Å². The first-order valence-electron chi connectivity index (χ1n) is 9.33. The Morgan fingerprint density at radius 2 is 1.05 bits per heavy atom. The summed E-state index contributed by atoms with van der Waals surface area (Å²) in [7, 11) is 3.92. The molecule has 0 aliphatic heterocycles. The summed E-state index contributed by atoms with van der Waals surface area (Å²) in [5.41, 5.74) is 0. The van der Waals surface area contributed by atoms with E-state index in [2.05, 4.69) is 6.92 Å². The maximum atomic E-state index is 11.5. The number of likely N-dealkylation sites (N-methyl/N-ethyl adjacent to an activating group) is 1. The van der Waals surface area contributed by atoms with Crippen molar-refractivity contribution in [1.29, 1.82) is 0 Å². The average molecular weight is 298 g/mol. The lowest BCUT2D eigenvalue weighted by Gasteiger charge is -2.07. The molecule has 0 heterocycles. The number of unbranched alkanes of at least 4 members (excludes halogenated alkanes) is 12. The van der Waals surface area contributed by atoms with E-state index in [1.54, 1.807) is 0 Å². The Balaban J connectivity index is 3.07. The quantitative estimate of drug-likeness (QED) is 0.346. The number of hydrogen-bond donors (Lipinski definition) is 0. The molecule has 0 N–H and O–H groups in total. The molecule has 0 rings (SSSR count). The van der Waals surface area contributed by atoms with Crippen molar-refractivity contribution >= 4 is 5.78 Å². The Labute approximate surface area is 133 Å². The van der Waals surface area contributed by atoms with Crippen LogP contribution in [0.2, 0.25) is 0 Å². The highest BCUT2D eigenvalue weighted by molar-refractivity contribution is 5.80. The van der Waals surface area contributed by atoms with Gasteiger partial charge in [0.15, 0.2) is 0 Å². The minimum Gasteiger partial charge on any atom is -0.302 e. The minimum atomic E-state index is 0.392. The Morgan fingerprint density at radius 1 is 0.667 bits per heavy atom. The molecule has 0 amide bonds. The van der Waals surface area contributed by atoms with Crippen LogP contribution in [0.1, 0.15) is 96.8 Å². The lowest BCUT2D eigenvalue weighted by Crippen LogP contribution is -2.21. The fourth-order valence-electron chi connectivity index (χ4n) is 2.77. The molecule has 0 aromatic carbocycles. The summed E-state index contributed by atoms with van der Waals surface area (Å²) in [6, 6.07) is 0. The van der Waals surface area contributed by atoms with Crippen LogP contribution in [0.25, 0.3) is 0 Å². The van der Waals surface area contributed by atoms with Gasteiger partial charge in [-0.3, -0.25) is 4.79 Å². The van der Waals surface area contributed by atoms with E-state index in [-0.39, 0.29) is 0 Å². The van der Waals surface area contributed by atoms with Crippen LogP contribution >= 0.6 is 0 Å². The fraction of sp³-hybridized carbons (Fsp3) is 0.947. The van der Waals surface area contributed by atoms with Gasteiger partial charge in [-0.15, -0.1) is 0 Å². The van der Waals surface area contributed by atoms with Gasteiger partial charge >= 0.3 is 0 Å². The van der Waals surface area contributed by atoms with Gasteiger partial charge in [0.1, 0.15) is 5.78 Å². The molecule has 0 unspecified atom stereocenters. The molecule has 126 valence electrons. The van der Waals surface area contributed by atoms with Crippen molar-refractivity contribution in [2.45, 2.75) is 96.8 Å². The van der Waals surface area contributed by atoms with Crippen molar-refractivity contribution in [3.05, 3.63) is 0 Å². The van der Waals surface area contributed by atoms with Crippen molar-refractivity contribution < 1.29 is 4.79 Å². The molecule has 0 aromatic heterocycles. The van der Waals surface area contributed by atoms with Crippen molar-refractivity contribution in [3.8, 4) is 0 Å². The van der Waals surface area contributed by atoms with Crippen LogP contribution in [0.3, 0.4) is 0 Å². The second-order valence-corrected chi connectivity index (χ2v) is 6.77. The highest BCUT2D eigenvalue weighted by atomic mass is 16.1. The smallest absolute Gasteiger partial charge is 0.146 e. The van der Waals surface area contributed by atoms with E-state index in [1.165, 1.54) is 77.0 Å². The van der Waals surface area contributed by atoms with Crippen LogP contribution in [0.15, 0.2) is 0 Å². The van der Waals surface area contributed by atoms with Crippen molar-refractivity contribution in [2.75, 3.05) is 20.6 Å². The molecule has 0 aliphatic carbocycles. The first-order chi connectivity index (χ1) is 10.2. The molecule has 0 spiro atoms. The third-order valence-electron chi connectivity index (χ3n) is 4.05. The first kappa shape index (κ1) is 20.6. The number of ketones is 1. The summed E-state index contributed by atoms with van der Waals surface area (Å²) in [5, 5.41) is 0. The van der Waals surface area contributed by atoms with Crippen molar-refractivity contribution in [2.24, 2.45) is 0 Å². The molecule has 2 nitrogen and oxygen atoms in total. The second-order valence-electron chi connectivity index (χ2n) is 6.77. The van der Waals surface area contributed by atoms with Crippen LogP contribution < -0.4 is 0 Å². The highest BCUT2D eigenvalue weighted by Gasteiger charge is 2.02. The lowest BCUT2D eigenvalue weighted by atomic mass is 10.0. The van der Waals surface area contributed by atoms with Gasteiger partial charge in [-0.05, 0) is 20.5 Å². The fourth-order valence-corrected chi connectivity index (χ4v) is 2.77.